The SMILES string of the molecule is O=C(O)[C@@H](O)c1ccccc1.O[C@@H]1CCCC[C@@H]1NCc1ccccc1. The first-order valence-electron chi connectivity index (χ1n) is 8.99. The van der Waals surface area contributed by atoms with Crippen molar-refractivity contribution in [3.63, 3.8) is 0 Å². The molecule has 0 aromatic heterocycles. The third kappa shape index (κ3) is 6.59. The van der Waals surface area contributed by atoms with E-state index in [2.05, 4.69) is 17.4 Å². The maximum absolute atomic E-state index is 10.2. The lowest BCUT2D eigenvalue weighted by molar-refractivity contribution is -0.146. The first-order valence-corrected chi connectivity index (χ1v) is 8.99. The first kappa shape index (κ1) is 20.1. The molecular weight excluding hydrogens is 330 g/mol. The van der Waals surface area contributed by atoms with Gasteiger partial charge in [-0.1, -0.05) is 73.5 Å². The molecule has 5 heteroatoms. The van der Waals surface area contributed by atoms with E-state index >= 15 is 0 Å². The highest BCUT2D eigenvalue weighted by Crippen LogP contribution is 2.18. The van der Waals surface area contributed by atoms with Crippen LogP contribution in [0.15, 0.2) is 60.7 Å². The van der Waals surface area contributed by atoms with Crippen LogP contribution in [-0.2, 0) is 11.3 Å². The molecule has 0 amide bonds. The summed E-state index contributed by atoms with van der Waals surface area (Å²) in [7, 11) is 0. The number of aliphatic hydroxyl groups excluding tert-OH is 2. The lowest BCUT2D eigenvalue weighted by atomic mass is 9.92. The van der Waals surface area contributed by atoms with Crippen LogP contribution in [0.1, 0.15) is 42.9 Å². The number of carboxylic acid groups (broad SMARTS) is 1. The summed E-state index contributed by atoms with van der Waals surface area (Å²) in [5.74, 6) is -1.23. The summed E-state index contributed by atoms with van der Waals surface area (Å²) in [5, 5.41) is 30.6. The number of aliphatic carboxylic acids is 1. The average molecular weight is 357 g/mol. The van der Waals surface area contributed by atoms with Gasteiger partial charge in [-0.3, -0.25) is 0 Å². The van der Waals surface area contributed by atoms with Crippen molar-refractivity contribution in [3.05, 3.63) is 71.8 Å². The number of hydrogen-bond donors (Lipinski definition) is 4. The van der Waals surface area contributed by atoms with Gasteiger partial charge >= 0.3 is 5.97 Å². The molecule has 1 saturated carbocycles. The van der Waals surface area contributed by atoms with E-state index in [9.17, 15) is 9.90 Å². The minimum Gasteiger partial charge on any atom is -0.479 e. The van der Waals surface area contributed by atoms with Crippen LogP contribution >= 0.6 is 0 Å². The maximum atomic E-state index is 10.2. The molecule has 0 heterocycles. The molecule has 0 aliphatic heterocycles. The van der Waals surface area contributed by atoms with E-state index in [1.807, 2.05) is 18.2 Å². The largest absolute Gasteiger partial charge is 0.479 e. The molecule has 2 aromatic rings. The first-order chi connectivity index (χ1) is 12.6. The Labute approximate surface area is 154 Å². The minimum absolute atomic E-state index is 0.150. The highest BCUT2D eigenvalue weighted by molar-refractivity contribution is 5.73. The van der Waals surface area contributed by atoms with E-state index in [0.717, 1.165) is 19.4 Å². The van der Waals surface area contributed by atoms with Crippen molar-refractivity contribution < 1.29 is 20.1 Å². The van der Waals surface area contributed by atoms with Crippen molar-refractivity contribution in [2.75, 3.05) is 0 Å². The summed E-state index contributed by atoms with van der Waals surface area (Å²) < 4.78 is 0. The minimum atomic E-state index is -1.41. The number of rotatable bonds is 5. The molecule has 2 aromatic carbocycles. The zero-order valence-corrected chi connectivity index (χ0v) is 14.8. The van der Waals surface area contributed by atoms with E-state index in [1.165, 1.54) is 18.4 Å². The van der Waals surface area contributed by atoms with Gasteiger partial charge in [0.1, 0.15) is 0 Å². The molecule has 1 fully saturated rings. The van der Waals surface area contributed by atoms with Gasteiger partial charge in [-0.05, 0) is 24.0 Å². The van der Waals surface area contributed by atoms with Crippen LogP contribution < -0.4 is 5.32 Å². The Morgan fingerprint density at radius 2 is 1.58 bits per heavy atom. The van der Waals surface area contributed by atoms with Crippen LogP contribution in [0.5, 0.6) is 0 Å². The molecule has 26 heavy (non-hydrogen) atoms. The summed E-state index contributed by atoms with van der Waals surface area (Å²) in [6.45, 7) is 0.864. The van der Waals surface area contributed by atoms with Gasteiger partial charge in [-0.2, -0.15) is 0 Å². The zero-order chi connectivity index (χ0) is 18.8. The number of hydrogen-bond acceptors (Lipinski definition) is 4. The molecule has 0 unspecified atom stereocenters. The van der Waals surface area contributed by atoms with Gasteiger partial charge in [0.15, 0.2) is 6.10 Å². The summed E-state index contributed by atoms with van der Waals surface area (Å²) in [4.78, 5) is 10.2. The molecule has 3 rings (SSSR count). The molecule has 0 saturated heterocycles. The fourth-order valence-electron chi connectivity index (χ4n) is 2.97. The van der Waals surface area contributed by atoms with Crippen molar-refractivity contribution in [2.24, 2.45) is 0 Å². The highest BCUT2D eigenvalue weighted by Gasteiger charge is 2.21. The van der Waals surface area contributed by atoms with Crippen molar-refractivity contribution in [1.82, 2.24) is 5.32 Å². The van der Waals surface area contributed by atoms with Gasteiger partial charge in [0.2, 0.25) is 0 Å². The summed E-state index contributed by atoms with van der Waals surface area (Å²) in [6.07, 6.45) is 2.91. The van der Waals surface area contributed by atoms with Crippen molar-refractivity contribution >= 4 is 5.97 Å². The van der Waals surface area contributed by atoms with Crippen molar-refractivity contribution in [3.8, 4) is 0 Å². The predicted octanol–water partition coefficient (Wildman–Crippen LogP) is 2.88. The van der Waals surface area contributed by atoms with Crippen LogP contribution in [-0.4, -0.2) is 33.4 Å². The molecule has 1 aliphatic carbocycles. The zero-order valence-electron chi connectivity index (χ0n) is 14.8. The van der Waals surface area contributed by atoms with Gasteiger partial charge in [0.25, 0.3) is 0 Å². The molecule has 0 bridgehead atoms. The van der Waals surface area contributed by atoms with Gasteiger partial charge in [0, 0.05) is 12.6 Å². The fourth-order valence-corrected chi connectivity index (χ4v) is 2.97. The third-order valence-corrected chi connectivity index (χ3v) is 4.49. The second-order valence-electron chi connectivity index (χ2n) is 6.48. The second-order valence-corrected chi connectivity index (χ2v) is 6.48. The Kier molecular flexibility index (Phi) is 8.28. The second kappa shape index (κ2) is 10.7. The van der Waals surface area contributed by atoms with Crippen molar-refractivity contribution in [1.29, 1.82) is 0 Å². The van der Waals surface area contributed by atoms with E-state index in [1.54, 1.807) is 30.3 Å². The van der Waals surface area contributed by atoms with E-state index in [0.29, 0.717) is 11.6 Å². The Morgan fingerprint density at radius 1 is 1.00 bits per heavy atom. The predicted molar refractivity (Wildman–Crippen MR) is 101 cm³/mol. The van der Waals surface area contributed by atoms with Gasteiger partial charge in [-0.25, -0.2) is 4.79 Å². The lowest BCUT2D eigenvalue weighted by Gasteiger charge is -2.28. The molecule has 5 nitrogen and oxygen atoms in total. The van der Waals surface area contributed by atoms with Crippen LogP contribution in [0, 0.1) is 0 Å². The quantitative estimate of drug-likeness (QED) is 0.661. The van der Waals surface area contributed by atoms with Crippen LogP contribution in [0.25, 0.3) is 0 Å². The van der Waals surface area contributed by atoms with Crippen LogP contribution in [0.2, 0.25) is 0 Å². The van der Waals surface area contributed by atoms with Gasteiger partial charge < -0.3 is 20.6 Å². The number of aliphatic hydroxyl groups is 2. The van der Waals surface area contributed by atoms with Crippen LogP contribution in [0.3, 0.4) is 0 Å². The smallest absolute Gasteiger partial charge is 0.337 e. The summed E-state index contributed by atoms with van der Waals surface area (Å²) in [6, 6.07) is 18.9. The Hall–Kier alpha value is -2.21. The molecule has 0 spiro atoms. The van der Waals surface area contributed by atoms with Crippen LogP contribution in [0.4, 0.5) is 0 Å². The normalized spacial score (nSPS) is 20.5. The Morgan fingerprint density at radius 3 is 2.15 bits per heavy atom. The topological polar surface area (TPSA) is 89.8 Å². The monoisotopic (exact) mass is 357 g/mol. The Balaban J connectivity index is 0.000000197. The molecule has 140 valence electrons. The van der Waals surface area contributed by atoms with E-state index in [-0.39, 0.29) is 6.10 Å². The van der Waals surface area contributed by atoms with E-state index in [4.69, 9.17) is 10.2 Å². The highest BCUT2D eigenvalue weighted by atomic mass is 16.4. The maximum Gasteiger partial charge on any atom is 0.337 e. The van der Waals surface area contributed by atoms with Gasteiger partial charge in [0.05, 0.1) is 6.10 Å². The molecule has 0 radical (unpaired) electrons. The Bertz CT molecular complexity index is 648. The average Bonchev–Trinajstić information content (AvgIpc) is 2.69. The molecule has 4 N–H and O–H groups in total. The standard InChI is InChI=1S/C13H19NO.C8H8O3/c15-13-9-5-4-8-12(13)14-10-11-6-2-1-3-7-11;9-7(8(10)11)6-4-2-1-3-5-6/h1-3,6-7,12-15H,4-5,8-10H2;1-5,7,9H,(H,10,11)/t12-,13+;7-/m00/s1. The molecule has 1 aliphatic rings. The third-order valence-electron chi connectivity index (χ3n) is 4.49. The van der Waals surface area contributed by atoms with E-state index < -0.39 is 12.1 Å². The number of benzene rings is 2. The summed E-state index contributed by atoms with van der Waals surface area (Å²) in [5.41, 5.74) is 1.69. The van der Waals surface area contributed by atoms with Gasteiger partial charge in [-0.15, -0.1) is 0 Å². The fraction of sp³-hybridized carbons (Fsp3) is 0.381. The molecular formula is C21H27NO4. The lowest BCUT2D eigenvalue weighted by Crippen LogP contribution is -2.41. The molecule has 3 atom stereocenters. The number of carboxylic acids is 1. The summed E-state index contributed by atoms with van der Waals surface area (Å²) >= 11 is 0. The number of carbonyl (C=O) groups is 1. The van der Waals surface area contributed by atoms with Crippen molar-refractivity contribution in [2.45, 2.75) is 50.5 Å². The number of nitrogens with one attached hydrogen (secondary N) is 1.